The van der Waals surface area contributed by atoms with Crippen molar-refractivity contribution in [2.45, 2.75) is 38.1 Å². The molecule has 0 bridgehead atoms. The van der Waals surface area contributed by atoms with Crippen LogP contribution < -0.4 is 5.32 Å². The van der Waals surface area contributed by atoms with Crippen LogP contribution >= 0.6 is 12.4 Å². The highest BCUT2D eigenvalue weighted by Gasteiger charge is 2.26. The van der Waals surface area contributed by atoms with E-state index in [2.05, 4.69) is 10.2 Å². The van der Waals surface area contributed by atoms with E-state index in [-0.39, 0.29) is 18.2 Å². The highest BCUT2D eigenvalue weighted by molar-refractivity contribution is 5.85. The van der Waals surface area contributed by atoms with Crippen molar-refractivity contribution in [1.82, 2.24) is 10.2 Å². The van der Waals surface area contributed by atoms with Crippen molar-refractivity contribution in [2.75, 3.05) is 26.2 Å². The van der Waals surface area contributed by atoms with E-state index >= 15 is 0 Å². The first kappa shape index (κ1) is 16.7. The Morgan fingerprint density at radius 3 is 2.48 bits per heavy atom. The Hall–Kier alpha value is -0.640. The lowest BCUT2D eigenvalue weighted by molar-refractivity contribution is 0.115. The smallest absolute Gasteiger partial charge is 0.123 e. The molecule has 0 amide bonds. The van der Waals surface area contributed by atoms with Gasteiger partial charge in [0.25, 0.3) is 0 Å². The summed E-state index contributed by atoms with van der Waals surface area (Å²) in [5.74, 6) is 0.701. The molecule has 3 rings (SSSR count). The molecule has 1 N–H and O–H groups in total. The highest BCUT2D eigenvalue weighted by atomic mass is 35.5. The van der Waals surface area contributed by atoms with Gasteiger partial charge < -0.3 is 5.32 Å². The van der Waals surface area contributed by atoms with E-state index in [1.165, 1.54) is 63.8 Å². The van der Waals surface area contributed by atoms with E-state index in [4.69, 9.17) is 0 Å². The molecule has 1 aromatic carbocycles. The van der Waals surface area contributed by atoms with Crippen molar-refractivity contribution in [3.8, 4) is 0 Å². The van der Waals surface area contributed by atoms with E-state index in [9.17, 15) is 4.39 Å². The summed E-state index contributed by atoms with van der Waals surface area (Å²) in [4.78, 5) is 2.65. The van der Waals surface area contributed by atoms with Crippen LogP contribution in [-0.2, 0) is 0 Å². The van der Waals surface area contributed by atoms with Crippen molar-refractivity contribution in [1.29, 1.82) is 0 Å². The molecule has 0 radical (unpaired) electrons. The molecular formula is C17H26ClFN2. The molecule has 118 valence electrons. The minimum absolute atomic E-state index is 0. The average molecular weight is 313 g/mol. The van der Waals surface area contributed by atoms with Crippen LogP contribution in [0.1, 0.15) is 43.7 Å². The van der Waals surface area contributed by atoms with E-state index in [1.807, 2.05) is 12.1 Å². The van der Waals surface area contributed by atoms with Crippen molar-refractivity contribution in [3.05, 3.63) is 35.6 Å². The second kappa shape index (κ2) is 8.11. The van der Waals surface area contributed by atoms with Gasteiger partial charge in [-0.2, -0.15) is 0 Å². The molecule has 2 aliphatic heterocycles. The molecule has 2 nitrogen and oxygen atoms in total. The Balaban J connectivity index is 0.00000161. The van der Waals surface area contributed by atoms with Crippen molar-refractivity contribution in [2.24, 2.45) is 5.92 Å². The van der Waals surface area contributed by atoms with Gasteiger partial charge in [-0.05, 0) is 68.9 Å². The van der Waals surface area contributed by atoms with Crippen LogP contribution in [0.25, 0.3) is 0 Å². The summed E-state index contributed by atoms with van der Waals surface area (Å²) < 4.78 is 13.1. The lowest BCUT2D eigenvalue weighted by Gasteiger charge is -2.39. The first-order chi connectivity index (χ1) is 9.83. The van der Waals surface area contributed by atoms with Gasteiger partial charge in [0.2, 0.25) is 0 Å². The maximum absolute atomic E-state index is 13.1. The second-order valence-electron chi connectivity index (χ2n) is 6.25. The summed E-state index contributed by atoms with van der Waals surface area (Å²) in [5, 5.41) is 3.44. The molecule has 21 heavy (non-hydrogen) atoms. The molecule has 4 heteroatoms. The molecule has 0 spiro atoms. The molecule has 2 saturated heterocycles. The third-order valence-corrected chi connectivity index (χ3v) is 4.82. The number of piperidine rings is 2. The fourth-order valence-electron chi connectivity index (χ4n) is 3.67. The Labute approximate surface area is 133 Å². The van der Waals surface area contributed by atoms with Crippen LogP contribution in [0.15, 0.2) is 24.3 Å². The number of benzene rings is 1. The van der Waals surface area contributed by atoms with Gasteiger partial charge in [-0.25, -0.2) is 4.39 Å². The van der Waals surface area contributed by atoms with E-state index in [0.717, 1.165) is 5.92 Å². The lowest BCUT2D eigenvalue weighted by atomic mass is 9.91. The fraction of sp³-hybridized carbons (Fsp3) is 0.647. The van der Waals surface area contributed by atoms with Crippen LogP contribution in [0.5, 0.6) is 0 Å². The van der Waals surface area contributed by atoms with Crippen molar-refractivity contribution >= 4 is 12.4 Å². The normalized spacial score (nSPS) is 24.5. The molecule has 1 aromatic rings. The lowest BCUT2D eigenvalue weighted by Crippen LogP contribution is -2.40. The van der Waals surface area contributed by atoms with Crippen LogP contribution in [0.3, 0.4) is 0 Å². The fourth-order valence-corrected chi connectivity index (χ4v) is 3.67. The van der Waals surface area contributed by atoms with E-state index in [0.29, 0.717) is 6.04 Å². The molecule has 2 fully saturated rings. The van der Waals surface area contributed by atoms with Gasteiger partial charge in [0.1, 0.15) is 5.82 Å². The Morgan fingerprint density at radius 1 is 1.05 bits per heavy atom. The highest BCUT2D eigenvalue weighted by Crippen LogP contribution is 2.32. The first-order valence-electron chi connectivity index (χ1n) is 8.03. The standard InChI is InChI=1S/C17H25FN2.ClH/c18-16-6-4-15(5-7-16)17-3-1-2-12-20(17)13-14-8-10-19-11-9-14;/h4-7,14,17,19H,1-3,8-13H2;1H. The zero-order valence-corrected chi connectivity index (χ0v) is 13.4. The van der Waals surface area contributed by atoms with Gasteiger partial charge in [0.15, 0.2) is 0 Å². The zero-order chi connectivity index (χ0) is 13.8. The summed E-state index contributed by atoms with van der Waals surface area (Å²) in [7, 11) is 0. The van der Waals surface area contributed by atoms with Crippen LogP contribution in [0.4, 0.5) is 4.39 Å². The first-order valence-corrected chi connectivity index (χ1v) is 8.03. The maximum atomic E-state index is 13.1. The molecule has 1 unspecified atom stereocenters. The number of nitrogens with zero attached hydrogens (tertiary/aromatic N) is 1. The van der Waals surface area contributed by atoms with Crippen LogP contribution in [0, 0.1) is 11.7 Å². The summed E-state index contributed by atoms with van der Waals surface area (Å²) in [6, 6.07) is 7.65. The predicted octanol–water partition coefficient (Wildman–Crippen LogP) is 3.77. The second-order valence-corrected chi connectivity index (χ2v) is 6.25. The van der Waals surface area contributed by atoms with Crippen LogP contribution in [-0.4, -0.2) is 31.1 Å². The topological polar surface area (TPSA) is 15.3 Å². The number of rotatable bonds is 3. The van der Waals surface area contributed by atoms with Gasteiger partial charge in [0, 0.05) is 12.6 Å². The SMILES string of the molecule is Cl.Fc1ccc(C2CCCCN2CC2CCNCC2)cc1. The number of halogens is 2. The third-order valence-electron chi connectivity index (χ3n) is 4.82. The van der Waals surface area contributed by atoms with Gasteiger partial charge >= 0.3 is 0 Å². The Morgan fingerprint density at radius 2 is 1.76 bits per heavy atom. The average Bonchev–Trinajstić information content (AvgIpc) is 2.50. The number of hydrogen-bond donors (Lipinski definition) is 1. The largest absolute Gasteiger partial charge is 0.317 e. The van der Waals surface area contributed by atoms with Gasteiger partial charge in [-0.3, -0.25) is 4.90 Å². The van der Waals surface area contributed by atoms with Gasteiger partial charge in [-0.1, -0.05) is 18.6 Å². The minimum Gasteiger partial charge on any atom is -0.317 e. The summed E-state index contributed by atoms with van der Waals surface area (Å²) in [6.45, 7) is 4.75. The zero-order valence-electron chi connectivity index (χ0n) is 12.6. The van der Waals surface area contributed by atoms with Crippen molar-refractivity contribution < 1.29 is 4.39 Å². The molecule has 0 aromatic heterocycles. The number of hydrogen-bond acceptors (Lipinski definition) is 2. The minimum atomic E-state index is -0.130. The maximum Gasteiger partial charge on any atom is 0.123 e. The Kier molecular flexibility index (Phi) is 6.46. The Bertz CT molecular complexity index is 417. The molecule has 0 aliphatic carbocycles. The third kappa shape index (κ3) is 4.41. The summed E-state index contributed by atoms with van der Waals surface area (Å²) >= 11 is 0. The van der Waals surface area contributed by atoms with Crippen LogP contribution in [0.2, 0.25) is 0 Å². The van der Waals surface area contributed by atoms with Gasteiger partial charge in [0.05, 0.1) is 0 Å². The van der Waals surface area contributed by atoms with Gasteiger partial charge in [-0.15, -0.1) is 12.4 Å². The molecule has 2 heterocycles. The predicted molar refractivity (Wildman–Crippen MR) is 87.4 cm³/mol. The van der Waals surface area contributed by atoms with E-state index < -0.39 is 0 Å². The number of likely N-dealkylation sites (tertiary alicyclic amines) is 1. The summed E-state index contributed by atoms with van der Waals surface area (Å²) in [5.41, 5.74) is 1.29. The molecular weight excluding hydrogens is 287 g/mol. The van der Waals surface area contributed by atoms with Crippen molar-refractivity contribution in [3.63, 3.8) is 0 Å². The number of nitrogens with one attached hydrogen (secondary N) is 1. The monoisotopic (exact) mass is 312 g/mol. The quantitative estimate of drug-likeness (QED) is 0.914. The van der Waals surface area contributed by atoms with E-state index in [1.54, 1.807) is 12.1 Å². The summed E-state index contributed by atoms with van der Waals surface area (Å²) in [6.07, 6.45) is 6.42. The molecule has 0 saturated carbocycles. The molecule has 1 atom stereocenters. The molecule has 2 aliphatic rings.